The molecule has 2 rings (SSSR count). The minimum absolute atomic E-state index is 0.179. The number of hydrogen-bond donors (Lipinski definition) is 2. The Labute approximate surface area is 90.2 Å². The topological polar surface area (TPSA) is 96.2 Å². The molecule has 7 heteroatoms. The number of nitrogens with one attached hydrogen (secondary N) is 2. The average molecular weight is 219 g/mol. The van der Waals surface area contributed by atoms with Crippen LogP contribution in [0.3, 0.4) is 0 Å². The molecule has 0 fully saturated rings. The van der Waals surface area contributed by atoms with Gasteiger partial charge < -0.3 is 4.42 Å². The maximum Gasteiger partial charge on any atom is 0.274 e. The third-order valence-electron chi connectivity index (χ3n) is 1.77. The molecule has 2 N–H and O–H groups in total. The smallest absolute Gasteiger partial charge is 0.274 e. The first-order chi connectivity index (χ1) is 7.75. The fraction of sp³-hybridized carbons (Fsp3) is 0.111. The molecule has 0 spiro atoms. The third kappa shape index (κ3) is 2.32. The van der Waals surface area contributed by atoms with E-state index in [4.69, 9.17) is 4.42 Å². The zero-order valence-corrected chi connectivity index (χ0v) is 8.47. The van der Waals surface area contributed by atoms with Gasteiger partial charge in [0, 0.05) is 0 Å². The van der Waals surface area contributed by atoms with E-state index in [0.717, 1.165) is 0 Å². The number of aromatic nitrogens is 3. The molecule has 0 saturated carbocycles. The van der Waals surface area contributed by atoms with E-state index in [1.807, 2.05) is 0 Å². The molecule has 2 heterocycles. The third-order valence-corrected chi connectivity index (χ3v) is 1.77. The summed E-state index contributed by atoms with van der Waals surface area (Å²) in [6, 6.07) is 3.49. The summed E-state index contributed by atoms with van der Waals surface area (Å²) in [6.45, 7) is 1.57. The fourth-order valence-corrected chi connectivity index (χ4v) is 0.965. The first-order valence-corrected chi connectivity index (χ1v) is 4.52. The molecule has 2 aromatic heterocycles. The van der Waals surface area contributed by atoms with Gasteiger partial charge in [-0.15, -0.1) is 10.2 Å². The Morgan fingerprint density at radius 2 is 2.44 bits per heavy atom. The summed E-state index contributed by atoms with van der Waals surface area (Å²) in [5.41, 5.74) is 2.54. The van der Waals surface area contributed by atoms with Crippen LogP contribution in [0.25, 0.3) is 0 Å². The minimum atomic E-state index is -0.300. The number of hydrogen-bond acceptors (Lipinski definition) is 6. The molecule has 0 aliphatic heterocycles. The molecule has 0 aliphatic carbocycles. The fourth-order valence-electron chi connectivity index (χ4n) is 0.965. The van der Waals surface area contributed by atoms with Crippen LogP contribution in [-0.2, 0) is 0 Å². The minimum Gasteiger partial charge on any atom is -0.463 e. The molecule has 0 aliphatic rings. The van der Waals surface area contributed by atoms with Gasteiger partial charge in [0.1, 0.15) is 11.5 Å². The standard InChI is InChI=1S/C9H9N5O2/c1-6-8(15)11-9(14-12-6)13-10-5-7-3-2-4-16-7/h2-5H,1H3,(H2,11,13,14,15)/b10-5-. The highest BCUT2D eigenvalue weighted by atomic mass is 16.3. The zero-order valence-electron chi connectivity index (χ0n) is 8.47. The SMILES string of the molecule is Cc1nnc(N/N=C\c2ccco2)[nH]c1=O. The summed E-state index contributed by atoms with van der Waals surface area (Å²) in [4.78, 5) is 13.6. The van der Waals surface area contributed by atoms with Gasteiger partial charge in [-0.3, -0.25) is 9.78 Å². The van der Waals surface area contributed by atoms with Gasteiger partial charge in [-0.2, -0.15) is 5.10 Å². The van der Waals surface area contributed by atoms with Crippen LogP contribution < -0.4 is 11.0 Å². The van der Waals surface area contributed by atoms with E-state index in [9.17, 15) is 4.79 Å². The molecule has 0 bridgehead atoms. The zero-order chi connectivity index (χ0) is 11.4. The quantitative estimate of drug-likeness (QED) is 0.579. The van der Waals surface area contributed by atoms with Gasteiger partial charge >= 0.3 is 0 Å². The number of hydrazone groups is 1. The van der Waals surface area contributed by atoms with Gasteiger partial charge in [0.05, 0.1) is 12.5 Å². The molecule has 0 unspecified atom stereocenters. The van der Waals surface area contributed by atoms with Crippen LogP contribution in [0, 0.1) is 6.92 Å². The van der Waals surface area contributed by atoms with Gasteiger partial charge in [-0.1, -0.05) is 0 Å². The van der Waals surface area contributed by atoms with Crippen molar-refractivity contribution in [1.29, 1.82) is 0 Å². The molecule has 0 amide bonds. The molecule has 2 aromatic rings. The van der Waals surface area contributed by atoms with Crippen LogP contribution in [0.4, 0.5) is 5.95 Å². The summed E-state index contributed by atoms with van der Waals surface area (Å²) in [7, 11) is 0. The number of aromatic amines is 1. The Balaban J connectivity index is 2.05. The highest BCUT2D eigenvalue weighted by Crippen LogP contribution is 1.96. The highest BCUT2D eigenvalue weighted by molar-refractivity contribution is 5.76. The van der Waals surface area contributed by atoms with Crippen molar-refractivity contribution in [3.05, 3.63) is 40.2 Å². The van der Waals surface area contributed by atoms with Crippen LogP contribution in [0.2, 0.25) is 0 Å². The van der Waals surface area contributed by atoms with E-state index < -0.39 is 0 Å². The van der Waals surface area contributed by atoms with E-state index in [1.54, 1.807) is 19.1 Å². The maximum absolute atomic E-state index is 11.2. The van der Waals surface area contributed by atoms with Crippen molar-refractivity contribution < 1.29 is 4.42 Å². The second-order valence-electron chi connectivity index (χ2n) is 2.97. The van der Waals surface area contributed by atoms with Crippen molar-refractivity contribution in [3.8, 4) is 0 Å². The van der Waals surface area contributed by atoms with E-state index in [-0.39, 0.29) is 11.5 Å². The number of furan rings is 1. The van der Waals surface area contributed by atoms with Crippen molar-refractivity contribution in [3.63, 3.8) is 0 Å². The van der Waals surface area contributed by atoms with Crippen molar-refractivity contribution in [2.45, 2.75) is 6.92 Å². The number of rotatable bonds is 3. The van der Waals surface area contributed by atoms with E-state index >= 15 is 0 Å². The van der Waals surface area contributed by atoms with Gasteiger partial charge in [0.2, 0.25) is 5.95 Å². The Hall–Kier alpha value is -2.44. The largest absolute Gasteiger partial charge is 0.463 e. The lowest BCUT2D eigenvalue weighted by Crippen LogP contribution is -2.15. The van der Waals surface area contributed by atoms with E-state index in [0.29, 0.717) is 11.5 Å². The molecular formula is C9H9N5O2. The number of H-pyrrole nitrogens is 1. The van der Waals surface area contributed by atoms with Gasteiger partial charge in [-0.25, -0.2) is 5.43 Å². The molecule has 0 radical (unpaired) electrons. The summed E-state index contributed by atoms with van der Waals surface area (Å²) < 4.78 is 5.02. The summed E-state index contributed by atoms with van der Waals surface area (Å²) in [5.74, 6) is 0.772. The van der Waals surface area contributed by atoms with Crippen LogP contribution in [0.1, 0.15) is 11.5 Å². The monoisotopic (exact) mass is 219 g/mol. The van der Waals surface area contributed by atoms with Crippen LogP contribution in [0.15, 0.2) is 32.7 Å². The summed E-state index contributed by atoms with van der Waals surface area (Å²) in [5, 5.41) is 11.2. The van der Waals surface area contributed by atoms with Crippen molar-refractivity contribution in [1.82, 2.24) is 15.2 Å². The molecule has 16 heavy (non-hydrogen) atoms. The second kappa shape index (κ2) is 4.39. The Bertz CT molecular complexity index is 543. The van der Waals surface area contributed by atoms with E-state index in [1.165, 1.54) is 12.5 Å². The second-order valence-corrected chi connectivity index (χ2v) is 2.97. The number of nitrogens with zero attached hydrogens (tertiary/aromatic N) is 3. The molecule has 0 saturated heterocycles. The molecule has 0 aromatic carbocycles. The summed E-state index contributed by atoms with van der Waals surface area (Å²) >= 11 is 0. The van der Waals surface area contributed by atoms with Crippen LogP contribution in [0.5, 0.6) is 0 Å². The highest BCUT2D eigenvalue weighted by Gasteiger charge is 1.97. The molecule has 7 nitrogen and oxygen atoms in total. The van der Waals surface area contributed by atoms with Crippen LogP contribution >= 0.6 is 0 Å². The predicted molar refractivity (Wildman–Crippen MR) is 57.3 cm³/mol. The lowest BCUT2D eigenvalue weighted by Gasteiger charge is -1.96. The van der Waals surface area contributed by atoms with Crippen molar-refractivity contribution in [2.75, 3.05) is 5.43 Å². The Morgan fingerprint density at radius 1 is 1.56 bits per heavy atom. The number of anilines is 1. The summed E-state index contributed by atoms with van der Waals surface area (Å²) in [6.07, 6.45) is 2.99. The van der Waals surface area contributed by atoms with E-state index in [2.05, 4.69) is 25.7 Å². The molecule has 82 valence electrons. The normalized spacial score (nSPS) is 10.8. The Morgan fingerprint density at radius 3 is 3.12 bits per heavy atom. The maximum atomic E-state index is 11.2. The Kier molecular flexibility index (Phi) is 2.77. The number of aryl methyl sites for hydroxylation is 1. The van der Waals surface area contributed by atoms with Crippen molar-refractivity contribution >= 4 is 12.2 Å². The van der Waals surface area contributed by atoms with Crippen LogP contribution in [-0.4, -0.2) is 21.4 Å². The predicted octanol–water partition coefficient (Wildman–Crippen LogP) is 0.512. The molecule has 0 atom stereocenters. The first-order valence-electron chi connectivity index (χ1n) is 4.52. The average Bonchev–Trinajstić information content (AvgIpc) is 2.76. The lowest BCUT2D eigenvalue weighted by molar-refractivity contribution is 0.560. The van der Waals surface area contributed by atoms with Gasteiger partial charge in [-0.05, 0) is 19.1 Å². The first kappa shape index (κ1) is 10.1. The van der Waals surface area contributed by atoms with Crippen molar-refractivity contribution in [2.24, 2.45) is 5.10 Å². The van der Waals surface area contributed by atoms with Gasteiger partial charge in [0.25, 0.3) is 5.56 Å². The molecular weight excluding hydrogens is 210 g/mol. The lowest BCUT2D eigenvalue weighted by atomic mass is 10.5. The van der Waals surface area contributed by atoms with Gasteiger partial charge in [0.15, 0.2) is 0 Å².